The van der Waals surface area contributed by atoms with E-state index in [0.717, 1.165) is 11.3 Å². The van der Waals surface area contributed by atoms with Crippen molar-refractivity contribution in [2.45, 2.75) is 19.3 Å². The molecule has 2 aromatic carbocycles. The van der Waals surface area contributed by atoms with E-state index in [-0.39, 0.29) is 6.61 Å². The molecule has 124 valence electrons. The summed E-state index contributed by atoms with van der Waals surface area (Å²) in [4.78, 5) is 0. The first-order valence-corrected chi connectivity index (χ1v) is 7.69. The van der Waals surface area contributed by atoms with Crippen molar-refractivity contribution in [1.82, 2.24) is 14.8 Å². The number of aromatic nitrogens is 3. The molecule has 6 heteroatoms. The lowest BCUT2D eigenvalue weighted by molar-refractivity contribution is 0.0923. The number of hydrogen-bond acceptors (Lipinski definition) is 5. The smallest absolute Gasteiger partial charge is 0.120 e. The lowest BCUT2D eigenvalue weighted by atomic mass is 10.2. The van der Waals surface area contributed by atoms with Gasteiger partial charge in [0.2, 0.25) is 0 Å². The van der Waals surface area contributed by atoms with Crippen LogP contribution in [-0.2, 0) is 13.2 Å². The van der Waals surface area contributed by atoms with Gasteiger partial charge >= 0.3 is 0 Å². The van der Waals surface area contributed by atoms with Crippen LogP contribution in [0.15, 0.2) is 67.3 Å². The lowest BCUT2D eigenvalue weighted by Crippen LogP contribution is -2.23. The molecule has 0 saturated heterocycles. The normalized spacial score (nSPS) is 11.9. The molecule has 1 atom stereocenters. The molecular weight excluding hydrogens is 306 g/mol. The van der Waals surface area contributed by atoms with E-state index in [4.69, 9.17) is 9.47 Å². The van der Waals surface area contributed by atoms with Gasteiger partial charge in [-0.15, -0.1) is 10.2 Å². The van der Waals surface area contributed by atoms with Gasteiger partial charge in [-0.3, -0.25) is 0 Å². The van der Waals surface area contributed by atoms with E-state index >= 15 is 0 Å². The summed E-state index contributed by atoms with van der Waals surface area (Å²) in [6.45, 7) is 1.12. The SMILES string of the molecule is O[C@H](COc1ccc(OCc2ccccc2)cc1)Cn1cnnc1. The van der Waals surface area contributed by atoms with E-state index in [2.05, 4.69) is 10.2 Å². The van der Waals surface area contributed by atoms with Crippen LogP contribution in [0.4, 0.5) is 0 Å². The number of nitrogens with zero attached hydrogens (tertiary/aromatic N) is 3. The van der Waals surface area contributed by atoms with Crippen LogP contribution in [0, 0.1) is 0 Å². The maximum atomic E-state index is 9.92. The van der Waals surface area contributed by atoms with E-state index in [1.165, 1.54) is 0 Å². The van der Waals surface area contributed by atoms with Crippen LogP contribution < -0.4 is 9.47 Å². The van der Waals surface area contributed by atoms with Crippen molar-refractivity contribution in [2.24, 2.45) is 0 Å². The van der Waals surface area contributed by atoms with Crippen LogP contribution in [0.25, 0.3) is 0 Å². The third kappa shape index (κ3) is 4.82. The summed E-state index contributed by atoms with van der Waals surface area (Å²) in [5.41, 5.74) is 1.12. The van der Waals surface area contributed by atoms with Crippen LogP contribution in [0.5, 0.6) is 11.5 Å². The minimum atomic E-state index is -0.630. The van der Waals surface area contributed by atoms with Gasteiger partial charge < -0.3 is 19.1 Å². The van der Waals surface area contributed by atoms with Crippen molar-refractivity contribution in [3.63, 3.8) is 0 Å². The van der Waals surface area contributed by atoms with Gasteiger partial charge in [0.15, 0.2) is 0 Å². The van der Waals surface area contributed by atoms with Crippen molar-refractivity contribution >= 4 is 0 Å². The van der Waals surface area contributed by atoms with E-state index in [1.807, 2.05) is 54.6 Å². The molecule has 3 aromatic rings. The second-order valence-electron chi connectivity index (χ2n) is 5.37. The molecule has 3 rings (SSSR count). The van der Waals surface area contributed by atoms with Crippen molar-refractivity contribution in [1.29, 1.82) is 0 Å². The molecule has 1 aromatic heterocycles. The van der Waals surface area contributed by atoms with Crippen molar-refractivity contribution < 1.29 is 14.6 Å². The lowest BCUT2D eigenvalue weighted by Gasteiger charge is -2.13. The molecule has 0 fully saturated rings. The summed E-state index contributed by atoms with van der Waals surface area (Å²) in [6, 6.07) is 17.4. The molecule has 0 amide bonds. The second-order valence-corrected chi connectivity index (χ2v) is 5.37. The minimum absolute atomic E-state index is 0.197. The number of hydrogen-bond donors (Lipinski definition) is 1. The third-order valence-corrected chi connectivity index (χ3v) is 3.40. The van der Waals surface area contributed by atoms with Crippen LogP contribution in [0.1, 0.15) is 5.56 Å². The van der Waals surface area contributed by atoms with Gasteiger partial charge in [0, 0.05) is 0 Å². The first-order valence-electron chi connectivity index (χ1n) is 7.69. The molecule has 1 heterocycles. The Bertz CT molecular complexity index is 715. The molecule has 0 spiro atoms. The van der Waals surface area contributed by atoms with Crippen molar-refractivity contribution in [3.8, 4) is 11.5 Å². The highest BCUT2D eigenvalue weighted by Gasteiger charge is 2.06. The first kappa shape index (κ1) is 16.0. The van der Waals surface area contributed by atoms with E-state index < -0.39 is 6.10 Å². The minimum Gasteiger partial charge on any atom is -0.491 e. The zero-order valence-corrected chi connectivity index (χ0v) is 13.2. The molecule has 6 nitrogen and oxygen atoms in total. The second kappa shape index (κ2) is 8.12. The molecular formula is C18H19N3O3. The summed E-state index contributed by atoms with van der Waals surface area (Å²) in [7, 11) is 0. The third-order valence-electron chi connectivity index (χ3n) is 3.40. The summed E-state index contributed by atoms with van der Waals surface area (Å²) >= 11 is 0. The Morgan fingerprint density at radius 2 is 1.50 bits per heavy atom. The van der Waals surface area contributed by atoms with Gasteiger partial charge in [0.1, 0.15) is 43.5 Å². The summed E-state index contributed by atoms with van der Waals surface area (Å²) in [5.74, 6) is 1.46. The molecule has 0 bridgehead atoms. The highest BCUT2D eigenvalue weighted by atomic mass is 16.5. The maximum absolute atomic E-state index is 9.92. The largest absolute Gasteiger partial charge is 0.491 e. The van der Waals surface area contributed by atoms with Crippen LogP contribution >= 0.6 is 0 Å². The van der Waals surface area contributed by atoms with Crippen molar-refractivity contribution in [2.75, 3.05) is 6.61 Å². The van der Waals surface area contributed by atoms with Crippen LogP contribution in [0.3, 0.4) is 0 Å². The Balaban J connectivity index is 1.44. The molecule has 1 N–H and O–H groups in total. The topological polar surface area (TPSA) is 69.4 Å². The highest BCUT2D eigenvalue weighted by molar-refractivity contribution is 5.31. The average molecular weight is 325 g/mol. The van der Waals surface area contributed by atoms with Gasteiger partial charge in [0.25, 0.3) is 0 Å². The molecule has 0 radical (unpaired) electrons. The predicted octanol–water partition coefficient (Wildman–Crippen LogP) is 2.30. The molecule has 0 unspecified atom stereocenters. The molecule has 0 aliphatic carbocycles. The van der Waals surface area contributed by atoms with Gasteiger partial charge in [-0.2, -0.15) is 0 Å². The summed E-state index contributed by atoms with van der Waals surface area (Å²) in [5, 5.41) is 17.3. The van der Waals surface area contributed by atoms with Gasteiger partial charge in [-0.25, -0.2) is 0 Å². The summed E-state index contributed by atoms with van der Waals surface area (Å²) in [6.07, 6.45) is 2.49. The average Bonchev–Trinajstić information content (AvgIpc) is 3.13. The predicted molar refractivity (Wildman–Crippen MR) is 88.7 cm³/mol. The van der Waals surface area contributed by atoms with Gasteiger partial charge in [-0.1, -0.05) is 30.3 Å². The molecule has 24 heavy (non-hydrogen) atoms. The highest BCUT2D eigenvalue weighted by Crippen LogP contribution is 2.19. The number of aliphatic hydroxyl groups excluding tert-OH is 1. The fourth-order valence-corrected chi connectivity index (χ4v) is 2.18. The standard InChI is InChI=1S/C18H19N3O3/c22-16(10-21-13-19-20-14-21)12-24-18-8-6-17(7-9-18)23-11-15-4-2-1-3-5-15/h1-9,13-14,16,22H,10-12H2/t16-/m0/s1. The van der Waals surface area contributed by atoms with E-state index in [1.54, 1.807) is 17.2 Å². The van der Waals surface area contributed by atoms with Crippen molar-refractivity contribution in [3.05, 3.63) is 72.8 Å². The fourth-order valence-electron chi connectivity index (χ4n) is 2.18. The Hall–Kier alpha value is -2.86. The first-order chi connectivity index (χ1) is 11.8. The van der Waals surface area contributed by atoms with E-state index in [0.29, 0.717) is 18.9 Å². The fraction of sp³-hybridized carbons (Fsp3) is 0.222. The zero-order valence-electron chi connectivity index (χ0n) is 13.2. The maximum Gasteiger partial charge on any atom is 0.120 e. The molecule has 0 saturated carbocycles. The molecule has 0 aliphatic heterocycles. The van der Waals surface area contributed by atoms with Crippen LogP contribution in [0.2, 0.25) is 0 Å². The number of benzene rings is 2. The Morgan fingerprint density at radius 1 is 0.875 bits per heavy atom. The number of rotatable bonds is 8. The van der Waals surface area contributed by atoms with E-state index in [9.17, 15) is 5.11 Å². The number of ether oxygens (including phenoxy) is 2. The zero-order chi connectivity index (χ0) is 16.6. The quantitative estimate of drug-likeness (QED) is 0.688. The summed E-state index contributed by atoms with van der Waals surface area (Å²) < 4.78 is 13.0. The Labute approximate surface area is 140 Å². The van der Waals surface area contributed by atoms with Gasteiger partial charge in [0.05, 0.1) is 6.54 Å². The molecule has 0 aliphatic rings. The van der Waals surface area contributed by atoms with Gasteiger partial charge in [-0.05, 0) is 29.8 Å². The number of aliphatic hydroxyl groups is 1. The Kier molecular flexibility index (Phi) is 5.42. The monoisotopic (exact) mass is 325 g/mol. The van der Waals surface area contributed by atoms with Crippen LogP contribution in [-0.4, -0.2) is 32.6 Å². The Morgan fingerprint density at radius 3 is 2.17 bits per heavy atom.